The van der Waals surface area contributed by atoms with E-state index in [0.717, 1.165) is 55.9 Å². The number of hydrogen-bond donors (Lipinski definition) is 2. The van der Waals surface area contributed by atoms with Gasteiger partial charge in [0.1, 0.15) is 0 Å². The molecule has 1 saturated heterocycles. The van der Waals surface area contributed by atoms with Gasteiger partial charge in [-0.1, -0.05) is 0 Å². The highest BCUT2D eigenvalue weighted by Gasteiger charge is 2.30. The maximum absolute atomic E-state index is 12.6. The van der Waals surface area contributed by atoms with Crippen LogP contribution in [0.2, 0.25) is 0 Å². The summed E-state index contributed by atoms with van der Waals surface area (Å²) in [6.45, 7) is 2.05. The highest BCUT2D eigenvalue weighted by molar-refractivity contribution is 6.39. The highest BCUT2D eigenvalue weighted by Crippen LogP contribution is 2.29. The summed E-state index contributed by atoms with van der Waals surface area (Å²) in [4.78, 5) is 30.3. The zero-order chi connectivity index (χ0) is 20.9. The number of carbonyl (C=O) groups is 2. The van der Waals surface area contributed by atoms with Crippen molar-refractivity contribution in [3.63, 3.8) is 0 Å². The zero-order valence-corrected chi connectivity index (χ0v) is 15.6. The molecular formula is C20H21F3N4O2. The number of hydrogen-bond acceptors (Lipinski definition) is 4. The summed E-state index contributed by atoms with van der Waals surface area (Å²) < 4.78 is 37.7. The average molecular weight is 406 g/mol. The number of pyridine rings is 1. The second-order valence-corrected chi connectivity index (χ2v) is 6.88. The smallest absolute Gasteiger partial charge is 0.370 e. The molecule has 1 aromatic heterocycles. The van der Waals surface area contributed by atoms with Crippen LogP contribution in [0.1, 0.15) is 18.4 Å². The van der Waals surface area contributed by atoms with Gasteiger partial charge in [-0.15, -0.1) is 0 Å². The summed E-state index contributed by atoms with van der Waals surface area (Å²) in [7, 11) is 0. The Hall–Kier alpha value is -3.10. The first kappa shape index (κ1) is 20.6. The molecule has 0 radical (unpaired) electrons. The van der Waals surface area contributed by atoms with Crippen LogP contribution in [0, 0.1) is 5.92 Å². The Morgan fingerprint density at radius 3 is 2.34 bits per heavy atom. The minimum absolute atomic E-state index is 0.128. The van der Waals surface area contributed by atoms with E-state index < -0.39 is 23.6 Å². The number of alkyl halides is 3. The molecule has 2 aromatic rings. The lowest BCUT2D eigenvalue weighted by Crippen LogP contribution is -2.41. The Labute approximate surface area is 166 Å². The molecule has 6 nitrogen and oxygen atoms in total. The number of benzene rings is 1. The van der Waals surface area contributed by atoms with Crippen LogP contribution in [0.4, 0.5) is 24.5 Å². The van der Waals surface area contributed by atoms with Crippen molar-refractivity contribution in [3.05, 3.63) is 54.4 Å². The van der Waals surface area contributed by atoms with Crippen LogP contribution < -0.4 is 15.5 Å². The van der Waals surface area contributed by atoms with Gasteiger partial charge < -0.3 is 15.5 Å². The van der Waals surface area contributed by atoms with E-state index in [9.17, 15) is 22.8 Å². The molecule has 9 heteroatoms. The normalized spacial score (nSPS) is 15.1. The fourth-order valence-corrected chi connectivity index (χ4v) is 3.18. The van der Waals surface area contributed by atoms with Gasteiger partial charge in [0, 0.05) is 31.5 Å². The van der Waals surface area contributed by atoms with Crippen LogP contribution in [0.15, 0.2) is 48.8 Å². The molecule has 0 spiro atoms. The fraction of sp³-hybridized carbons (Fsp3) is 0.350. The summed E-state index contributed by atoms with van der Waals surface area (Å²) in [5.74, 6) is -1.46. The molecule has 1 fully saturated rings. The summed E-state index contributed by atoms with van der Waals surface area (Å²) in [5.41, 5.74) is 0.367. The van der Waals surface area contributed by atoms with Crippen LogP contribution in [0.25, 0.3) is 0 Å². The molecule has 2 N–H and O–H groups in total. The van der Waals surface area contributed by atoms with Gasteiger partial charge >= 0.3 is 18.0 Å². The second kappa shape index (κ2) is 8.93. The molecule has 0 saturated carbocycles. The number of nitrogens with one attached hydrogen (secondary N) is 2. The van der Waals surface area contributed by atoms with E-state index in [4.69, 9.17) is 0 Å². The summed E-state index contributed by atoms with van der Waals surface area (Å²) in [6, 6.07) is 7.81. The van der Waals surface area contributed by atoms with Crippen molar-refractivity contribution in [3.8, 4) is 0 Å². The molecule has 2 amide bonds. The number of piperidine rings is 1. The van der Waals surface area contributed by atoms with E-state index in [0.29, 0.717) is 6.54 Å². The van der Waals surface area contributed by atoms with Crippen molar-refractivity contribution in [2.45, 2.75) is 19.0 Å². The largest absolute Gasteiger partial charge is 0.416 e. The lowest BCUT2D eigenvalue weighted by molar-refractivity contribution is -0.137. The summed E-state index contributed by atoms with van der Waals surface area (Å²) >= 11 is 0. The minimum atomic E-state index is -4.45. The van der Waals surface area contributed by atoms with Crippen molar-refractivity contribution in [2.24, 2.45) is 5.92 Å². The molecule has 2 heterocycles. The molecule has 29 heavy (non-hydrogen) atoms. The fourth-order valence-electron chi connectivity index (χ4n) is 3.18. The number of nitrogens with zero attached hydrogens (tertiary/aromatic N) is 2. The lowest BCUT2D eigenvalue weighted by atomic mass is 9.96. The molecule has 1 aliphatic rings. The predicted octanol–water partition coefficient (Wildman–Crippen LogP) is 3.07. The van der Waals surface area contributed by atoms with Gasteiger partial charge in [0.25, 0.3) is 0 Å². The van der Waals surface area contributed by atoms with Gasteiger partial charge in [-0.3, -0.25) is 14.6 Å². The third-order valence-corrected chi connectivity index (χ3v) is 4.85. The van der Waals surface area contributed by atoms with Gasteiger partial charge in [0.2, 0.25) is 0 Å². The van der Waals surface area contributed by atoms with E-state index >= 15 is 0 Å². The van der Waals surface area contributed by atoms with Gasteiger partial charge in [0.05, 0.1) is 17.4 Å². The molecule has 0 bridgehead atoms. The first-order chi connectivity index (χ1) is 13.8. The number of carbonyl (C=O) groups excluding carboxylic acids is 2. The van der Waals surface area contributed by atoms with Crippen molar-refractivity contribution in [1.29, 1.82) is 0 Å². The van der Waals surface area contributed by atoms with Crippen LogP contribution in [-0.4, -0.2) is 36.4 Å². The topological polar surface area (TPSA) is 74.3 Å². The Kier molecular flexibility index (Phi) is 6.36. The van der Waals surface area contributed by atoms with Gasteiger partial charge in [-0.05, 0) is 55.2 Å². The van der Waals surface area contributed by atoms with E-state index in [1.807, 2.05) is 18.3 Å². The van der Waals surface area contributed by atoms with E-state index in [1.54, 1.807) is 6.20 Å². The van der Waals surface area contributed by atoms with Crippen LogP contribution in [0.5, 0.6) is 0 Å². The zero-order valence-electron chi connectivity index (χ0n) is 15.6. The van der Waals surface area contributed by atoms with Crippen molar-refractivity contribution < 1.29 is 22.8 Å². The SMILES string of the molecule is O=C(NCC1CCN(c2cccnc2)CC1)C(=O)Nc1ccc(C(F)(F)F)cc1. The summed E-state index contributed by atoms with van der Waals surface area (Å²) in [6.07, 6.45) is 0.826. The molecule has 0 unspecified atom stereocenters. The number of rotatable bonds is 4. The number of amides is 2. The maximum Gasteiger partial charge on any atom is 0.416 e. The van der Waals surface area contributed by atoms with Crippen molar-refractivity contribution in [1.82, 2.24) is 10.3 Å². The van der Waals surface area contributed by atoms with Gasteiger partial charge in [-0.25, -0.2) is 0 Å². The quantitative estimate of drug-likeness (QED) is 0.766. The van der Waals surface area contributed by atoms with E-state index in [1.165, 1.54) is 0 Å². The molecular weight excluding hydrogens is 385 g/mol. The first-order valence-electron chi connectivity index (χ1n) is 9.24. The third kappa shape index (κ3) is 5.69. The highest BCUT2D eigenvalue weighted by atomic mass is 19.4. The third-order valence-electron chi connectivity index (χ3n) is 4.85. The van der Waals surface area contributed by atoms with E-state index in [-0.39, 0.29) is 11.6 Å². The van der Waals surface area contributed by atoms with Crippen LogP contribution in [-0.2, 0) is 15.8 Å². The van der Waals surface area contributed by atoms with Crippen LogP contribution in [0.3, 0.4) is 0 Å². The summed E-state index contributed by atoms with van der Waals surface area (Å²) in [5, 5.41) is 4.90. The molecule has 3 rings (SSSR count). The first-order valence-corrected chi connectivity index (χ1v) is 9.24. The molecule has 154 valence electrons. The maximum atomic E-state index is 12.6. The second-order valence-electron chi connectivity index (χ2n) is 6.88. The Morgan fingerprint density at radius 1 is 1.07 bits per heavy atom. The Bertz CT molecular complexity index is 833. The van der Waals surface area contributed by atoms with Gasteiger partial charge in [0.15, 0.2) is 0 Å². The van der Waals surface area contributed by atoms with Crippen molar-refractivity contribution >= 4 is 23.2 Å². The molecule has 0 atom stereocenters. The monoisotopic (exact) mass is 406 g/mol. The van der Waals surface area contributed by atoms with E-state index in [2.05, 4.69) is 20.5 Å². The Balaban J connectivity index is 1.42. The van der Waals surface area contributed by atoms with Crippen LogP contribution >= 0.6 is 0 Å². The number of anilines is 2. The predicted molar refractivity (Wildman–Crippen MR) is 102 cm³/mol. The minimum Gasteiger partial charge on any atom is -0.370 e. The number of aromatic nitrogens is 1. The number of halogens is 3. The van der Waals surface area contributed by atoms with Crippen molar-refractivity contribution in [2.75, 3.05) is 29.9 Å². The molecule has 1 aliphatic heterocycles. The Morgan fingerprint density at radius 2 is 1.76 bits per heavy atom. The molecule has 0 aliphatic carbocycles. The standard InChI is InChI=1S/C20H21F3N4O2/c21-20(22,23)15-3-5-16(6-4-15)26-19(29)18(28)25-12-14-7-10-27(11-8-14)17-2-1-9-24-13-17/h1-6,9,13-14H,7-8,10-12H2,(H,25,28)(H,26,29). The van der Waals surface area contributed by atoms with Gasteiger partial charge in [-0.2, -0.15) is 13.2 Å². The molecule has 1 aromatic carbocycles. The lowest BCUT2D eigenvalue weighted by Gasteiger charge is -2.33. The average Bonchev–Trinajstić information content (AvgIpc) is 2.72.